The van der Waals surface area contributed by atoms with E-state index in [1.165, 1.54) is 5.56 Å². The Balaban J connectivity index is 2.29. The molecule has 0 atom stereocenters. The zero-order chi connectivity index (χ0) is 13.8. The zero-order valence-electron chi connectivity index (χ0n) is 11.0. The topological polar surface area (TPSA) is 16.1 Å². The summed E-state index contributed by atoms with van der Waals surface area (Å²) < 4.78 is 0. The molecule has 0 saturated carbocycles. The molecule has 0 saturated heterocycles. The average molecular weight is 295 g/mol. The molecule has 0 radical (unpaired) electrons. The highest BCUT2D eigenvalue weighted by Crippen LogP contribution is 2.25. The van der Waals surface area contributed by atoms with Crippen LogP contribution in [0.15, 0.2) is 36.4 Å². The van der Waals surface area contributed by atoms with E-state index in [1.807, 2.05) is 24.1 Å². The van der Waals surface area contributed by atoms with Gasteiger partial charge in [0.05, 0.1) is 16.6 Å². The van der Waals surface area contributed by atoms with Crippen LogP contribution in [0, 0.1) is 0 Å². The molecule has 0 fully saturated rings. The Morgan fingerprint density at radius 2 is 1.79 bits per heavy atom. The van der Waals surface area contributed by atoms with Crippen molar-refractivity contribution in [3.8, 4) is 0 Å². The molecule has 2 aromatic rings. The van der Waals surface area contributed by atoms with Crippen LogP contribution in [0.4, 0.5) is 11.5 Å². The summed E-state index contributed by atoms with van der Waals surface area (Å²) in [6, 6.07) is 12.2. The number of aromatic nitrogens is 1. The number of rotatable bonds is 4. The molecule has 2 rings (SSSR count). The molecule has 0 aliphatic heterocycles. The minimum atomic E-state index is 0.315. The van der Waals surface area contributed by atoms with Gasteiger partial charge in [-0.05, 0) is 36.2 Å². The second kappa shape index (κ2) is 6.27. The lowest BCUT2D eigenvalue weighted by molar-refractivity contribution is 1.07. The van der Waals surface area contributed by atoms with E-state index in [-0.39, 0.29) is 0 Å². The molecule has 0 aliphatic rings. The summed E-state index contributed by atoms with van der Waals surface area (Å²) in [5, 5.41) is 0.605. The third-order valence-electron chi connectivity index (χ3n) is 3.11. The van der Waals surface area contributed by atoms with Crippen LogP contribution in [0.25, 0.3) is 0 Å². The van der Waals surface area contributed by atoms with Gasteiger partial charge in [-0.25, -0.2) is 4.98 Å². The van der Waals surface area contributed by atoms with Crippen LogP contribution in [-0.4, -0.2) is 12.0 Å². The van der Waals surface area contributed by atoms with Crippen LogP contribution in [0.5, 0.6) is 0 Å². The lowest BCUT2D eigenvalue weighted by Gasteiger charge is -2.19. The quantitative estimate of drug-likeness (QED) is 0.753. The third kappa shape index (κ3) is 3.20. The highest BCUT2D eigenvalue weighted by molar-refractivity contribution is 6.32. The first-order chi connectivity index (χ1) is 9.15. The Morgan fingerprint density at radius 1 is 1.11 bits per heavy atom. The normalized spacial score (nSPS) is 10.5. The maximum Gasteiger partial charge on any atom is 0.133 e. The monoisotopic (exact) mass is 294 g/mol. The second-order valence-electron chi connectivity index (χ2n) is 4.31. The summed E-state index contributed by atoms with van der Waals surface area (Å²) in [7, 11) is 1.98. The smallest absolute Gasteiger partial charge is 0.133 e. The standard InChI is InChI=1S/C15H16Cl2N2/c1-3-11-4-6-12(7-5-11)19(2)15-9-8-13(17)14(10-16)18-15/h4-9H,3,10H2,1-2H3. The summed E-state index contributed by atoms with van der Waals surface area (Å²) in [6.07, 6.45) is 1.04. The number of pyridine rings is 1. The maximum absolute atomic E-state index is 6.02. The number of hydrogen-bond acceptors (Lipinski definition) is 2. The minimum absolute atomic E-state index is 0.315. The Kier molecular flexibility index (Phi) is 4.67. The van der Waals surface area contributed by atoms with E-state index >= 15 is 0 Å². The van der Waals surface area contributed by atoms with Gasteiger partial charge in [-0.1, -0.05) is 30.7 Å². The van der Waals surface area contributed by atoms with E-state index in [9.17, 15) is 0 Å². The number of benzene rings is 1. The third-order valence-corrected chi connectivity index (χ3v) is 3.70. The Labute approximate surface area is 124 Å². The number of aryl methyl sites for hydroxylation is 1. The number of alkyl halides is 1. The van der Waals surface area contributed by atoms with Crippen LogP contribution < -0.4 is 4.90 Å². The molecular weight excluding hydrogens is 279 g/mol. The molecule has 4 heteroatoms. The largest absolute Gasteiger partial charge is 0.329 e. The van der Waals surface area contributed by atoms with Gasteiger partial charge >= 0.3 is 0 Å². The van der Waals surface area contributed by atoms with Gasteiger partial charge in [0.15, 0.2) is 0 Å². The van der Waals surface area contributed by atoms with Crippen LogP contribution in [0.1, 0.15) is 18.2 Å². The van der Waals surface area contributed by atoms with Crippen molar-refractivity contribution >= 4 is 34.7 Å². The molecule has 1 aromatic carbocycles. The Hall–Kier alpha value is -1.25. The SMILES string of the molecule is CCc1ccc(N(C)c2ccc(Cl)c(CCl)n2)cc1. The van der Waals surface area contributed by atoms with E-state index in [2.05, 4.69) is 36.2 Å². The fraction of sp³-hybridized carbons (Fsp3) is 0.267. The van der Waals surface area contributed by atoms with Crippen molar-refractivity contribution in [3.63, 3.8) is 0 Å². The lowest BCUT2D eigenvalue weighted by Crippen LogP contribution is -2.11. The summed E-state index contributed by atoms with van der Waals surface area (Å²) in [4.78, 5) is 6.49. The first-order valence-electron chi connectivity index (χ1n) is 6.19. The summed E-state index contributed by atoms with van der Waals surface area (Å²) in [5.74, 6) is 1.15. The molecular formula is C15H16Cl2N2. The number of nitrogens with zero attached hydrogens (tertiary/aromatic N) is 2. The number of halogens is 2. The molecule has 1 heterocycles. The molecule has 2 nitrogen and oxygen atoms in total. The van der Waals surface area contributed by atoms with Gasteiger partial charge in [0.1, 0.15) is 5.82 Å². The first kappa shape index (κ1) is 14.2. The van der Waals surface area contributed by atoms with E-state index < -0.39 is 0 Å². The summed E-state index contributed by atoms with van der Waals surface area (Å²) >= 11 is 11.9. The molecule has 0 unspecified atom stereocenters. The average Bonchev–Trinajstić information content (AvgIpc) is 2.47. The lowest BCUT2D eigenvalue weighted by atomic mass is 10.1. The van der Waals surface area contributed by atoms with Crippen LogP contribution >= 0.6 is 23.2 Å². The molecule has 0 spiro atoms. The summed E-state index contributed by atoms with van der Waals surface area (Å²) in [5.41, 5.74) is 3.12. The van der Waals surface area contributed by atoms with Crippen molar-refractivity contribution in [2.75, 3.05) is 11.9 Å². The molecule has 1 aromatic heterocycles. The van der Waals surface area contributed by atoms with Crippen LogP contribution in [0.3, 0.4) is 0 Å². The fourth-order valence-corrected chi connectivity index (χ4v) is 2.29. The van der Waals surface area contributed by atoms with E-state index in [1.54, 1.807) is 0 Å². The van der Waals surface area contributed by atoms with Gasteiger partial charge in [-0.15, -0.1) is 11.6 Å². The van der Waals surface area contributed by atoms with Crippen LogP contribution in [-0.2, 0) is 12.3 Å². The molecule has 100 valence electrons. The number of anilines is 2. The van der Waals surface area contributed by atoms with Gasteiger partial charge in [-0.2, -0.15) is 0 Å². The van der Waals surface area contributed by atoms with Gasteiger partial charge in [0, 0.05) is 12.7 Å². The van der Waals surface area contributed by atoms with Gasteiger partial charge in [0.25, 0.3) is 0 Å². The predicted molar refractivity (Wildman–Crippen MR) is 82.7 cm³/mol. The maximum atomic E-state index is 6.02. The Bertz CT molecular complexity index is 553. The molecule has 0 amide bonds. The molecule has 0 N–H and O–H groups in total. The van der Waals surface area contributed by atoms with Crippen LogP contribution in [0.2, 0.25) is 5.02 Å². The fourth-order valence-electron chi connectivity index (χ4n) is 1.84. The highest BCUT2D eigenvalue weighted by atomic mass is 35.5. The molecule has 0 aliphatic carbocycles. The highest BCUT2D eigenvalue weighted by Gasteiger charge is 2.08. The van der Waals surface area contributed by atoms with E-state index in [0.29, 0.717) is 16.6 Å². The number of hydrogen-bond donors (Lipinski definition) is 0. The summed E-state index contributed by atoms with van der Waals surface area (Å²) in [6.45, 7) is 2.15. The van der Waals surface area contributed by atoms with Gasteiger partial charge in [-0.3, -0.25) is 0 Å². The van der Waals surface area contributed by atoms with Gasteiger partial charge < -0.3 is 4.90 Å². The Morgan fingerprint density at radius 3 is 2.37 bits per heavy atom. The van der Waals surface area contributed by atoms with Crippen molar-refractivity contribution in [1.82, 2.24) is 4.98 Å². The van der Waals surface area contributed by atoms with E-state index in [4.69, 9.17) is 23.2 Å². The predicted octanol–water partition coefficient (Wildman–Crippen LogP) is 4.80. The first-order valence-corrected chi connectivity index (χ1v) is 7.11. The van der Waals surface area contributed by atoms with E-state index in [0.717, 1.165) is 17.9 Å². The van der Waals surface area contributed by atoms with Crippen molar-refractivity contribution in [2.24, 2.45) is 0 Å². The molecule has 19 heavy (non-hydrogen) atoms. The zero-order valence-corrected chi connectivity index (χ0v) is 12.5. The van der Waals surface area contributed by atoms with Crippen molar-refractivity contribution in [2.45, 2.75) is 19.2 Å². The van der Waals surface area contributed by atoms with Crippen molar-refractivity contribution in [1.29, 1.82) is 0 Å². The van der Waals surface area contributed by atoms with Gasteiger partial charge in [0.2, 0.25) is 0 Å². The second-order valence-corrected chi connectivity index (χ2v) is 4.99. The van der Waals surface area contributed by atoms with Crippen molar-refractivity contribution < 1.29 is 0 Å². The van der Waals surface area contributed by atoms with Crippen molar-refractivity contribution in [3.05, 3.63) is 52.7 Å². The minimum Gasteiger partial charge on any atom is -0.329 e. The molecule has 0 bridgehead atoms.